The van der Waals surface area contributed by atoms with E-state index >= 15 is 0 Å². The second kappa shape index (κ2) is 12.0. The van der Waals surface area contributed by atoms with Crippen LogP contribution in [0.3, 0.4) is 0 Å². The predicted octanol–water partition coefficient (Wildman–Crippen LogP) is 8.66. The zero-order valence-corrected chi connectivity index (χ0v) is 21.9. The maximum absolute atomic E-state index is 13.8. The van der Waals surface area contributed by atoms with E-state index in [2.05, 4.69) is 36.9 Å². The molecule has 1 aliphatic carbocycles. The van der Waals surface area contributed by atoms with E-state index in [-0.39, 0.29) is 10.8 Å². The highest BCUT2D eigenvalue weighted by molar-refractivity contribution is 8.13. The van der Waals surface area contributed by atoms with Gasteiger partial charge in [0.05, 0.1) is 10.7 Å². The topological polar surface area (TPSA) is 35.8 Å². The highest BCUT2D eigenvalue weighted by Crippen LogP contribution is 2.32. The lowest BCUT2D eigenvalue weighted by Gasteiger charge is -2.32. The van der Waals surface area contributed by atoms with Gasteiger partial charge in [0.2, 0.25) is 0 Å². The molecule has 35 heavy (non-hydrogen) atoms. The van der Waals surface area contributed by atoms with Gasteiger partial charge in [0.25, 0.3) is 0 Å². The number of phenolic OH excluding ortho intramolecular Hbond substituents is 1. The standard InChI is InChI=1S/C29H32ClFN2OS/c1-20-11-14-28(21(2)15-20)35-29(32-24-12-13-27(31)26(30)17-24)33(18-22-7-4-3-5-8-22)19-23-9-6-10-25(34)16-23/h6,9-17,22,34H,3-5,7-8,18-19H2,1-2H3. The summed E-state index contributed by atoms with van der Waals surface area (Å²) in [5.74, 6) is 0.391. The summed E-state index contributed by atoms with van der Waals surface area (Å²) in [6.45, 7) is 5.70. The Balaban J connectivity index is 1.74. The van der Waals surface area contributed by atoms with Crippen LogP contribution >= 0.6 is 23.4 Å². The first-order valence-corrected chi connectivity index (χ1v) is 13.4. The van der Waals surface area contributed by atoms with Gasteiger partial charge in [-0.3, -0.25) is 0 Å². The molecule has 0 saturated heterocycles. The minimum Gasteiger partial charge on any atom is -0.508 e. The summed E-state index contributed by atoms with van der Waals surface area (Å²) in [7, 11) is 0. The molecule has 0 aromatic heterocycles. The Morgan fingerprint density at radius 1 is 1.06 bits per heavy atom. The van der Waals surface area contributed by atoms with E-state index in [4.69, 9.17) is 16.6 Å². The van der Waals surface area contributed by atoms with Crippen LogP contribution in [0.25, 0.3) is 0 Å². The lowest BCUT2D eigenvalue weighted by molar-refractivity contribution is 0.272. The molecule has 0 unspecified atom stereocenters. The van der Waals surface area contributed by atoms with Crippen molar-refractivity contribution < 1.29 is 9.50 Å². The molecule has 6 heteroatoms. The summed E-state index contributed by atoms with van der Waals surface area (Å²) in [6.07, 6.45) is 6.24. The summed E-state index contributed by atoms with van der Waals surface area (Å²) in [4.78, 5) is 8.44. The van der Waals surface area contributed by atoms with Crippen molar-refractivity contribution in [3.8, 4) is 5.75 Å². The fourth-order valence-corrected chi connectivity index (χ4v) is 5.75. The van der Waals surface area contributed by atoms with Crippen molar-refractivity contribution in [3.05, 3.63) is 88.2 Å². The second-order valence-corrected chi connectivity index (χ2v) is 10.8. The number of amidine groups is 1. The third-order valence-corrected chi connectivity index (χ3v) is 7.92. The third kappa shape index (κ3) is 7.25. The zero-order chi connectivity index (χ0) is 24.8. The molecule has 1 saturated carbocycles. The van der Waals surface area contributed by atoms with Crippen LogP contribution in [0.15, 0.2) is 70.6 Å². The van der Waals surface area contributed by atoms with Crippen molar-refractivity contribution in [2.75, 3.05) is 6.54 Å². The van der Waals surface area contributed by atoms with E-state index in [0.717, 1.165) is 22.2 Å². The maximum atomic E-state index is 13.8. The number of benzene rings is 3. The van der Waals surface area contributed by atoms with E-state index < -0.39 is 5.82 Å². The molecule has 0 spiro atoms. The molecule has 1 N–H and O–H groups in total. The number of thioether (sulfide) groups is 1. The van der Waals surface area contributed by atoms with Gasteiger partial charge in [-0.2, -0.15) is 0 Å². The maximum Gasteiger partial charge on any atom is 0.169 e. The van der Waals surface area contributed by atoms with Crippen LogP contribution in [0.1, 0.15) is 48.8 Å². The van der Waals surface area contributed by atoms with Crippen LogP contribution in [0, 0.1) is 25.6 Å². The van der Waals surface area contributed by atoms with Crippen molar-refractivity contribution in [1.29, 1.82) is 0 Å². The van der Waals surface area contributed by atoms with Crippen molar-refractivity contribution in [1.82, 2.24) is 4.90 Å². The highest BCUT2D eigenvalue weighted by Gasteiger charge is 2.22. The van der Waals surface area contributed by atoms with E-state index in [1.807, 2.05) is 18.2 Å². The Morgan fingerprint density at radius 3 is 2.57 bits per heavy atom. The van der Waals surface area contributed by atoms with Gasteiger partial charge >= 0.3 is 0 Å². The number of aryl methyl sites for hydroxylation is 2. The molecule has 0 amide bonds. The van der Waals surface area contributed by atoms with Crippen molar-refractivity contribution in [2.45, 2.75) is 57.4 Å². The van der Waals surface area contributed by atoms with Crippen LogP contribution in [-0.2, 0) is 6.54 Å². The molecule has 1 aliphatic rings. The molecule has 0 aliphatic heterocycles. The number of phenols is 1. The number of rotatable bonds is 6. The minimum absolute atomic E-state index is 0.0638. The number of hydrogen-bond acceptors (Lipinski definition) is 3. The first kappa shape index (κ1) is 25.6. The lowest BCUT2D eigenvalue weighted by Crippen LogP contribution is -2.34. The molecule has 0 bridgehead atoms. The molecule has 0 radical (unpaired) electrons. The Kier molecular flexibility index (Phi) is 8.74. The third-order valence-electron chi connectivity index (χ3n) is 6.42. The van der Waals surface area contributed by atoms with Crippen LogP contribution in [-0.4, -0.2) is 21.7 Å². The van der Waals surface area contributed by atoms with E-state index in [0.29, 0.717) is 18.2 Å². The molecule has 4 rings (SSSR count). The summed E-state index contributed by atoms with van der Waals surface area (Å²) in [6, 6.07) is 18.4. The van der Waals surface area contributed by atoms with Crippen molar-refractivity contribution in [3.63, 3.8) is 0 Å². The van der Waals surface area contributed by atoms with Crippen LogP contribution in [0.4, 0.5) is 10.1 Å². The zero-order valence-electron chi connectivity index (χ0n) is 20.3. The molecule has 3 aromatic carbocycles. The molecule has 3 aromatic rings. The molecule has 184 valence electrons. The van der Waals surface area contributed by atoms with E-state index in [1.165, 1.54) is 49.3 Å². The van der Waals surface area contributed by atoms with E-state index in [9.17, 15) is 9.50 Å². The Bertz CT molecular complexity index is 1190. The van der Waals surface area contributed by atoms with Crippen molar-refractivity contribution >= 4 is 34.2 Å². The van der Waals surface area contributed by atoms with Crippen LogP contribution < -0.4 is 0 Å². The first-order chi connectivity index (χ1) is 16.9. The Morgan fingerprint density at radius 2 is 1.86 bits per heavy atom. The second-order valence-electron chi connectivity index (χ2n) is 9.42. The highest BCUT2D eigenvalue weighted by atomic mass is 35.5. The SMILES string of the molecule is Cc1ccc(SC(=Nc2ccc(F)c(Cl)c2)N(Cc2cccc(O)c2)CC2CCCCC2)c(C)c1. The van der Waals surface area contributed by atoms with Gasteiger partial charge < -0.3 is 10.0 Å². The smallest absolute Gasteiger partial charge is 0.169 e. The van der Waals surface area contributed by atoms with Crippen molar-refractivity contribution in [2.24, 2.45) is 10.9 Å². The quantitative estimate of drug-likeness (QED) is 0.205. The summed E-state index contributed by atoms with van der Waals surface area (Å²) >= 11 is 7.72. The molecule has 3 nitrogen and oxygen atoms in total. The summed E-state index contributed by atoms with van der Waals surface area (Å²) in [5.41, 5.74) is 4.05. The molecular formula is C29H32ClFN2OS. The average molecular weight is 511 g/mol. The van der Waals surface area contributed by atoms with Gasteiger partial charge in [0.1, 0.15) is 11.6 Å². The van der Waals surface area contributed by atoms with Crippen LogP contribution in [0.2, 0.25) is 5.02 Å². The number of aliphatic imine (C=N–C) groups is 1. The van der Waals surface area contributed by atoms with Gasteiger partial charge in [-0.05, 0) is 80.1 Å². The van der Waals surface area contributed by atoms with Gasteiger partial charge in [0.15, 0.2) is 5.17 Å². The number of halogens is 2. The molecular weight excluding hydrogens is 479 g/mol. The van der Waals surface area contributed by atoms with Gasteiger partial charge in [0, 0.05) is 18.0 Å². The largest absolute Gasteiger partial charge is 0.508 e. The Hall–Kier alpha value is -2.50. The molecule has 0 atom stereocenters. The normalized spacial score (nSPS) is 14.8. The Labute approximate surface area is 217 Å². The minimum atomic E-state index is -0.451. The lowest BCUT2D eigenvalue weighted by atomic mass is 9.89. The number of aromatic hydroxyl groups is 1. The summed E-state index contributed by atoms with van der Waals surface area (Å²) in [5, 5.41) is 11.0. The van der Waals surface area contributed by atoms with Gasteiger partial charge in [-0.25, -0.2) is 9.38 Å². The van der Waals surface area contributed by atoms with Gasteiger partial charge in [-0.1, -0.05) is 72.5 Å². The van der Waals surface area contributed by atoms with E-state index in [1.54, 1.807) is 30.0 Å². The average Bonchev–Trinajstić information content (AvgIpc) is 2.83. The number of nitrogens with zero attached hydrogens (tertiary/aromatic N) is 2. The fraction of sp³-hybridized carbons (Fsp3) is 0.345. The monoisotopic (exact) mass is 510 g/mol. The first-order valence-electron chi connectivity index (χ1n) is 12.2. The van der Waals surface area contributed by atoms with Crippen LogP contribution in [0.5, 0.6) is 5.75 Å². The molecule has 0 heterocycles. The summed E-state index contributed by atoms with van der Waals surface area (Å²) < 4.78 is 13.8. The number of hydrogen-bond donors (Lipinski definition) is 1. The fourth-order valence-electron chi connectivity index (χ4n) is 4.60. The molecule has 1 fully saturated rings. The predicted molar refractivity (Wildman–Crippen MR) is 145 cm³/mol. The van der Waals surface area contributed by atoms with Gasteiger partial charge in [-0.15, -0.1) is 0 Å².